The second kappa shape index (κ2) is 4.71. The third-order valence-corrected chi connectivity index (χ3v) is 4.85. The molecule has 19 heavy (non-hydrogen) atoms. The molecule has 3 heteroatoms. The number of rotatable bonds is 4. The zero-order valence-corrected chi connectivity index (χ0v) is 12.0. The van der Waals surface area contributed by atoms with Crippen LogP contribution >= 0.6 is 0 Å². The predicted molar refractivity (Wildman–Crippen MR) is 79.0 cm³/mol. The van der Waals surface area contributed by atoms with E-state index in [2.05, 4.69) is 30.0 Å². The van der Waals surface area contributed by atoms with E-state index in [0.29, 0.717) is 0 Å². The minimum atomic E-state index is 0.187. The van der Waals surface area contributed by atoms with Gasteiger partial charge in [0.25, 0.3) is 0 Å². The fraction of sp³-hybridized carbons (Fsp3) is 0.625. The summed E-state index contributed by atoms with van der Waals surface area (Å²) in [6.45, 7) is 4.49. The molecule has 0 bridgehead atoms. The zero-order valence-electron chi connectivity index (χ0n) is 12.0. The smallest absolute Gasteiger partial charge is 0.119 e. The summed E-state index contributed by atoms with van der Waals surface area (Å²) in [7, 11) is 1.74. The van der Waals surface area contributed by atoms with Gasteiger partial charge in [-0.3, -0.25) is 0 Å². The van der Waals surface area contributed by atoms with Gasteiger partial charge >= 0.3 is 0 Å². The Morgan fingerprint density at radius 3 is 2.47 bits per heavy atom. The first-order valence-electron chi connectivity index (χ1n) is 7.36. The maximum atomic E-state index is 6.26. The minimum absolute atomic E-state index is 0.187. The first-order chi connectivity index (χ1) is 9.17. The van der Waals surface area contributed by atoms with Crippen molar-refractivity contribution in [1.82, 2.24) is 0 Å². The fourth-order valence-corrected chi connectivity index (χ4v) is 3.38. The summed E-state index contributed by atoms with van der Waals surface area (Å²) in [5, 5.41) is 0. The van der Waals surface area contributed by atoms with E-state index in [0.717, 1.165) is 5.75 Å². The maximum absolute atomic E-state index is 6.26. The highest BCUT2D eigenvalue weighted by Crippen LogP contribution is 2.54. The van der Waals surface area contributed by atoms with E-state index >= 15 is 0 Å². The number of ether oxygens (including phenoxy) is 1. The fourth-order valence-electron chi connectivity index (χ4n) is 3.38. The van der Waals surface area contributed by atoms with Crippen molar-refractivity contribution in [3.8, 4) is 5.75 Å². The SMILES string of the molecule is COc1ccc(N2CCCC2)c(C2(C(C)N)CC2)c1. The highest BCUT2D eigenvalue weighted by molar-refractivity contribution is 5.62. The van der Waals surface area contributed by atoms with Gasteiger partial charge in [-0.1, -0.05) is 0 Å². The lowest BCUT2D eigenvalue weighted by Gasteiger charge is -2.28. The summed E-state index contributed by atoms with van der Waals surface area (Å²) in [6, 6.07) is 6.72. The van der Waals surface area contributed by atoms with Crippen LogP contribution in [0.2, 0.25) is 0 Å². The van der Waals surface area contributed by atoms with Gasteiger partial charge < -0.3 is 15.4 Å². The van der Waals surface area contributed by atoms with Crippen molar-refractivity contribution in [3.63, 3.8) is 0 Å². The molecule has 2 aliphatic rings. The van der Waals surface area contributed by atoms with Gasteiger partial charge in [-0.05, 0) is 56.4 Å². The van der Waals surface area contributed by atoms with Crippen LogP contribution in [0.25, 0.3) is 0 Å². The number of hydrogen-bond acceptors (Lipinski definition) is 3. The van der Waals surface area contributed by atoms with Gasteiger partial charge in [0, 0.05) is 30.2 Å². The topological polar surface area (TPSA) is 38.5 Å². The van der Waals surface area contributed by atoms with Crippen LogP contribution in [0.4, 0.5) is 5.69 Å². The molecule has 0 spiro atoms. The molecular weight excluding hydrogens is 236 g/mol. The minimum Gasteiger partial charge on any atom is -0.497 e. The van der Waals surface area contributed by atoms with Crippen LogP contribution in [0.15, 0.2) is 18.2 Å². The Hall–Kier alpha value is -1.22. The number of methoxy groups -OCH3 is 1. The molecule has 0 radical (unpaired) electrons. The summed E-state index contributed by atoms with van der Waals surface area (Å²) < 4.78 is 5.42. The first-order valence-corrected chi connectivity index (χ1v) is 7.36. The quantitative estimate of drug-likeness (QED) is 0.904. The second-order valence-corrected chi connectivity index (χ2v) is 6.02. The summed E-state index contributed by atoms with van der Waals surface area (Å²) in [4.78, 5) is 2.51. The molecule has 1 saturated carbocycles. The molecule has 3 rings (SSSR count). The molecule has 1 aromatic carbocycles. The Balaban J connectivity index is 2.03. The van der Waals surface area contributed by atoms with Gasteiger partial charge in [-0.25, -0.2) is 0 Å². The molecule has 1 atom stereocenters. The van der Waals surface area contributed by atoms with Gasteiger partial charge in [0.05, 0.1) is 7.11 Å². The van der Waals surface area contributed by atoms with E-state index in [4.69, 9.17) is 10.5 Å². The molecule has 1 aliphatic heterocycles. The number of anilines is 1. The van der Waals surface area contributed by atoms with Crippen molar-refractivity contribution >= 4 is 5.69 Å². The zero-order chi connectivity index (χ0) is 13.5. The lowest BCUT2D eigenvalue weighted by atomic mass is 9.87. The lowest BCUT2D eigenvalue weighted by Crippen LogP contribution is -2.33. The van der Waals surface area contributed by atoms with Gasteiger partial charge in [0.2, 0.25) is 0 Å². The highest BCUT2D eigenvalue weighted by atomic mass is 16.5. The summed E-state index contributed by atoms with van der Waals surface area (Å²) >= 11 is 0. The molecule has 1 heterocycles. The Morgan fingerprint density at radius 2 is 1.95 bits per heavy atom. The molecule has 0 amide bonds. The van der Waals surface area contributed by atoms with Gasteiger partial charge in [-0.2, -0.15) is 0 Å². The number of nitrogens with zero attached hydrogens (tertiary/aromatic N) is 1. The van der Waals surface area contributed by atoms with E-state index in [1.807, 2.05) is 0 Å². The molecule has 1 unspecified atom stereocenters. The number of benzene rings is 1. The normalized spacial score (nSPS) is 22.4. The Bertz CT molecular complexity index is 460. The Morgan fingerprint density at radius 1 is 1.26 bits per heavy atom. The van der Waals surface area contributed by atoms with Crippen molar-refractivity contribution in [2.75, 3.05) is 25.1 Å². The standard InChI is InChI=1S/C16H24N2O/c1-12(17)16(7-8-16)14-11-13(19-2)5-6-15(14)18-9-3-4-10-18/h5-6,11-12H,3-4,7-10,17H2,1-2H3. The second-order valence-electron chi connectivity index (χ2n) is 6.02. The average Bonchev–Trinajstić information content (AvgIpc) is 3.07. The van der Waals surface area contributed by atoms with Crippen LogP contribution in [0.1, 0.15) is 38.2 Å². The summed E-state index contributed by atoms with van der Waals surface area (Å²) in [6.07, 6.45) is 5.02. The van der Waals surface area contributed by atoms with Crippen molar-refractivity contribution in [3.05, 3.63) is 23.8 Å². The summed E-state index contributed by atoms with van der Waals surface area (Å²) in [5.41, 5.74) is 9.24. The van der Waals surface area contributed by atoms with Crippen LogP contribution in [0.3, 0.4) is 0 Å². The highest BCUT2D eigenvalue weighted by Gasteiger charge is 2.49. The maximum Gasteiger partial charge on any atom is 0.119 e. The van der Waals surface area contributed by atoms with Crippen LogP contribution in [-0.2, 0) is 5.41 Å². The van der Waals surface area contributed by atoms with Gasteiger partial charge in [-0.15, -0.1) is 0 Å². The van der Waals surface area contributed by atoms with Crippen LogP contribution in [-0.4, -0.2) is 26.2 Å². The van der Waals surface area contributed by atoms with Crippen LogP contribution in [0, 0.1) is 0 Å². The van der Waals surface area contributed by atoms with Gasteiger partial charge in [0.1, 0.15) is 5.75 Å². The van der Waals surface area contributed by atoms with Crippen molar-refractivity contribution < 1.29 is 4.74 Å². The molecular formula is C16H24N2O. The molecule has 104 valence electrons. The Labute approximate surface area is 115 Å². The van der Waals surface area contributed by atoms with Gasteiger partial charge in [0.15, 0.2) is 0 Å². The van der Waals surface area contributed by atoms with E-state index < -0.39 is 0 Å². The van der Waals surface area contributed by atoms with Crippen LogP contribution < -0.4 is 15.4 Å². The van der Waals surface area contributed by atoms with E-state index in [-0.39, 0.29) is 11.5 Å². The van der Waals surface area contributed by atoms with Crippen molar-refractivity contribution in [2.45, 2.75) is 44.1 Å². The van der Waals surface area contributed by atoms with Crippen LogP contribution in [0.5, 0.6) is 5.75 Å². The average molecular weight is 260 g/mol. The van der Waals surface area contributed by atoms with E-state index in [1.165, 1.54) is 50.0 Å². The van der Waals surface area contributed by atoms with E-state index in [1.54, 1.807) is 7.11 Å². The molecule has 0 aromatic heterocycles. The van der Waals surface area contributed by atoms with E-state index in [9.17, 15) is 0 Å². The lowest BCUT2D eigenvalue weighted by molar-refractivity contribution is 0.413. The number of nitrogens with two attached hydrogens (primary N) is 1. The molecule has 1 aromatic rings. The predicted octanol–water partition coefficient (Wildman–Crippen LogP) is 2.67. The third kappa shape index (κ3) is 2.10. The monoisotopic (exact) mass is 260 g/mol. The largest absolute Gasteiger partial charge is 0.497 e. The molecule has 1 saturated heterocycles. The number of hydrogen-bond donors (Lipinski definition) is 1. The van der Waals surface area contributed by atoms with Crippen molar-refractivity contribution in [1.29, 1.82) is 0 Å². The molecule has 2 fully saturated rings. The summed E-state index contributed by atoms with van der Waals surface area (Å²) in [5.74, 6) is 0.949. The molecule has 1 aliphatic carbocycles. The molecule has 2 N–H and O–H groups in total. The van der Waals surface area contributed by atoms with Crippen molar-refractivity contribution in [2.24, 2.45) is 5.73 Å². The Kier molecular flexibility index (Phi) is 3.17. The molecule has 3 nitrogen and oxygen atoms in total. The third-order valence-electron chi connectivity index (χ3n) is 4.85. The first kappa shape index (κ1) is 12.8.